The first-order valence-corrected chi connectivity index (χ1v) is 6.80. The average Bonchev–Trinajstić information content (AvgIpc) is 2.51. The normalized spacial score (nSPS) is 11.9. The van der Waals surface area contributed by atoms with Crippen LogP contribution in [0.25, 0.3) is 16.6 Å². The molecule has 1 heterocycles. The fraction of sp³-hybridized carbons (Fsp3) is 0.0667. The molecule has 0 spiro atoms. The first-order valence-electron chi connectivity index (χ1n) is 6.42. The molecule has 0 saturated carbocycles. The molecule has 9 heteroatoms. The zero-order valence-electron chi connectivity index (χ0n) is 11.5. The average molecular weight is 361 g/mol. The highest BCUT2D eigenvalue weighted by molar-refractivity contribution is 6.30. The van der Waals surface area contributed by atoms with Crippen molar-refractivity contribution in [3.05, 3.63) is 69.2 Å². The van der Waals surface area contributed by atoms with Crippen LogP contribution in [-0.2, 0) is 6.18 Å². The van der Waals surface area contributed by atoms with Gasteiger partial charge in [-0.25, -0.2) is 13.8 Å². The van der Waals surface area contributed by atoms with Crippen LogP contribution >= 0.6 is 11.6 Å². The van der Waals surface area contributed by atoms with Crippen LogP contribution in [0.5, 0.6) is 0 Å². The molecule has 3 aromatic rings. The second-order valence-corrected chi connectivity index (χ2v) is 5.28. The quantitative estimate of drug-likeness (QED) is 0.605. The summed E-state index contributed by atoms with van der Waals surface area (Å²) in [6.45, 7) is 0. The van der Waals surface area contributed by atoms with E-state index in [1.165, 1.54) is 24.3 Å². The summed E-state index contributed by atoms with van der Waals surface area (Å²) in [6, 6.07) is 6.07. The largest absolute Gasteiger partial charge is 0.419 e. The fourth-order valence-electron chi connectivity index (χ4n) is 2.20. The van der Waals surface area contributed by atoms with Crippen molar-refractivity contribution >= 4 is 22.5 Å². The highest BCUT2D eigenvalue weighted by Gasteiger charge is 2.37. The molecular formula is C15H6ClF5N2O. The van der Waals surface area contributed by atoms with Crippen LogP contribution in [0.4, 0.5) is 22.0 Å². The summed E-state index contributed by atoms with van der Waals surface area (Å²) in [6.07, 6.45) is -4.17. The monoisotopic (exact) mass is 360 g/mol. The van der Waals surface area contributed by atoms with Crippen LogP contribution < -0.4 is 5.56 Å². The van der Waals surface area contributed by atoms with E-state index in [-0.39, 0.29) is 5.69 Å². The van der Waals surface area contributed by atoms with Gasteiger partial charge >= 0.3 is 6.18 Å². The standard InChI is InChI=1S/C15H6ClF5N2O/c16-7-1-3-8(4-2-7)23-6-22-10-5-9(15(19,20)21)12(17)13(18)11(10)14(23)24/h1-6H. The molecule has 0 unspecified atom stereocenters. The number of halogens is 6. The van der Waals surface area contributed by atoms with E-state index >= 15 is 0 Å². The van der Waals surface area contributed by atoms with E-state index in [1.807, 2.05) is 0 Å². The summed E-state index contributed by atoms with van der Waals surface area (Å²) in [5, 5.41) is -0.481. The van der Waals surface area contributed by atoms with Crippen molar-refractivity contribution in [2.24, 2.45) is 0 Å². The topological polar surface area (TPSA) is 34.9 Å². The van der Waals surface area contributed by atoms with Crippen molar-refractivity contribution < 1.29 is 22.0 Å². The summed E-state index contributed by atoms with van der Waals surface area (Å²) in [4.78, 5) is 16.0. The molecule has 0 fully saturated rings. The number of hydrogen-bond donors (Lipinski definition) is 0. The van der Waals surface area contributed by atoms with Crippen molar-refractivity contribution in [1.82, 2.24) is 9.55 Å². The van der Waals surface area contributed by atoms with Gasteiger partial charge < -0.3 is 0 Å². The van der Waals surface area contributed by atoms with Crippen molar-refractivity contribution in [3.8, 4) is 5.69 Å². The lowest BCUT2D eigenvalue weighted by molar-refractivity contribution is -0.140. The van der Waals surface area contributed by atoms with E-state index in [0.29, 0.717) is 11.1 Å². The summed E-state index contributed by atoms with van der Waals surface area (Å²) in [7, 11) is 0. The van der Waals surface area contributed by atoms with E-state index in [0.717, 1.165) is 10.9 Å². The molecule has 0 aliphatic rings. The Morgan fingerprint density at radius 1 is 1.04 bits per heavy atom. The van der Waals surface area contributed by atoms with Crippen molar-refractivity contribution in [2.45, 2.75) is 6.18 Å². The van der Waals surface area contributed by atoms with Crippen LogP contribution in [0.15, 0.2) is 41.5 Å². The van der Waals surface area contributed by atoms with Crippen molar-refractivity contribution in [3.63, 3.8) is 0 Å². The molecule has 1 aromatic heterocycles. The van der Waals surface area contributed by atoms with E-state index in [2.05, 4.69) is 4.98 Å². The van der Waals surface area contributed by atoms with E-state index in [1.54, 1.807) is 0 Å². The molecular weight excluding hydrogens is 355 g/mol. The van der Waals surface area contributed by atoms with Crippen LogP contribution in [0.2, 0.25) is 5.02 Å². The van der Waals surface area contributed by atoms with Crippen molar-refractivity contribution in [1.29, 1.82) is 0 Å². The Bertz CT molecular complexity index is 996. The Morgan fingerprint density at radius 2 is 1.67 bits per heavy atom. The van der Waals surface area contributed by atoms with Gasteiger partial charge in [-0.1, -0.05) is 11.6 Å². The molecule has 0 bridgehead atoms. The summed E-state index contributed by atoms with van der Waals surface area (Å²) < 4.78 is 66.8. The number of alkyl halides is 3. The Morgan fingerprint density at radius 3 is 2.25 bits per heavy atom. The van der Waals surface area contributed by atoms with Crippen LogP contribution in [-0.4, -0.2) is 9.55 Å². The molecule has 0 aliphatic carbocycles. The molecule has 0 amide bonds. The lowest BCUT2D eigenvalue weighted by Gasteiger charge is -2.11. The highest BCUT2D eigenvalue weighted by Crippen LogP contribution is 2.34. The van der Waals surface area contributed by atoms with Gasteiger partial charge in [0.2, 0.25) is 0 Å². The number of fused-ring (bicyclic) bond motifs is 1. The van der Waals surface area contributed by atoms with Crippen LogP contribution in [0.1, 0.15) is 5.56 Å². The Kier molecular flexibility index (Phi) is 3.79. The van der Waals surface area contributed by atoms with Crippen molar-refractivity contribution in [2.75, 3.05) is 0 Å². The molecule has 124 valence electrons. The predicted molar refractivity (Wildman–Crippen MR) is 77.3 cm³/mol. The lowest BCUT2D eigenvalue weighted by Crippen LogP contribution is -2.21. The van der Waals surface area contributed by atoms with Gasteiger partial charge in [-0.2, -0.15) is 13.2 Å². The van der Waals surface area contributed by atoms with Gasteiger partial charge in [0.1, 0.15) is 11.7 Å². The summed E-state index contributed by atoms with van der Waals surface area (Å²) in [5.74, 6) is -4.02. The smallest absolute Gasteiger partial charge is 0.268 e. The predicted octanol–water partition coefficient (Wildman–Crippen LogP) is 4.34. The molecule has 0 radical (unpaired) electrons. The maximum atomic E-state index is 14.1. The molecule has 0 saturated heterocycles. The third-order valence-electron chi connectivity index (χ3n) is 3.34. The maximum Gasteiger partial charge on any atom is 0.419 e. The van der Waals surface area contributed by atoms with Gasteiger partial charge in [0.05, 0.1) is 16.8 Å². The lowest BCUT2D eigenvalue weighted by atomic mass is 10.1. The molecule has 3 nitrogen and oxygen atoms in total. The molecule has 0 atom stereocenters. The van der Waals surface area contributed by atoms with Gasteiger partial charge in [0.15, 0.2) is 11.6 Å². The highest BCUT2D eigenvalue weighted by atomic mass is 35.5. The van der Waals surface area contributed by atoms with E-state index in [4.69, 9.17) is 11.6 Å². The Labute approximate surface area is 135 Å². The SMILES string of the molecule is O=c1c2c(F)c(F)c(C(F)(F)F)cc2ncn1-c1ccc(Cl)cc1. The first-order chi connectivity index (χ1) is 11.2. The maximum absolute atomic E-state index is 14.1. The van der Waals surface area contributed by atoms with Gasteiger partial charge in [0.25, 0.3) is 5.56 Å². The minimum absolute atomic E-state index is 0.249. The molecule has 0 aliphatic heterocycles. The number of rotatable bonds is 1. The van der Waals surface area contributed by atoms with E-state index < -0.39 is 39.8 Å². The third-order valence-corrected chi connectivity index (χ3v) is 3.59. The fourth-order valence-corrected chi connectivity index (χ4v) is 2.33. The number of benzene rings is 2. The minimum atomic E-state index is -5.11. The zero-order valence-corrected chi connectivity index (χ0v) is 12.3. The second kappa shape index (κ2) is 5.55. The zero-order chi connectivity index (χ0) is 17.6. The molecule has 2 aromatic carbocycles. The Hall–Kier alpha value is -2.48. The summed E-state index contributed by atoms with van der Waals surface area (Å²) in [5.41, 5.74) is -3.19. The summed E-state index contributed by atoms with van der Waals surface area (Å²) >= 11 is 5.72. The van der Waals surface area contributed by atoms with Gasteiger partial charge in [-0.15, -0.1) is 0 Å². The molecule has 24 heavy (non-hydrogen) atoms. The molecule has 0 N–H and O–H groups in total. The third kappa shape index (κ3) is 2.62. The first kappa shape index (κ1) is 16.4. The number of nitrogens with zero attached hydrogens (tertiary/aromatic N) is 2. The molecule has 3 rings (SSSR count). The second-order valence-electron chi connectivity index (χ2n) is 4.84. The van der Waals surface area contributed by atoms with Gasteiger partial charge in [-0.3, -0.25) is 9.36 Å². The minimum Gasteiger partial charge on any atom is -0.268 e. The Balaban J connectivity index is 2.32. The van der Waals surface area contributed by atoms with Gasteiger partial charge in [-0.05, 0) is 30.3 Å². The van der Waals surface area contributed by atoms with Crippen LogP contribution in [0.3, 0.4) is 0 Å². The number of aromatic nitrogens is 2. The van der Waals surface area contributed by atoms with Crippen LogP contribution in [0, 0.1) is 11.6 Å². The van der Waals surface area contributed by atoms with Gasteiger partial charge in [0, 0.05) is 5.02 Å². The van der Waals surface area contributed by atoms with E-state index in [9.17, 15) is 26.7 Å². The number of hydrogen-bond acceptors (Lipinski definition) is 2.